The highest BCUT2D eigenvalue weighted by atomic mass is 16.5. The predicted molar refractivity (Wildman–Crippen MR) is 85.6 cm³/mol. The summed E-state index contributed by atoms with van der Waals surface area (Å²) in [4.78, 5) is 15.1. The molecule has 22 heavy (non-hydrogen) atoms. The molecule has 0 N–H and O–H groups in total. The number of benzene rings is 1. The lowest BCUT2D eigenvalue weighted by Crippen LogP contribution is -2.42. The van der Waals surface area contributed by atoms with Crippen LogP contribution in [0.3, 0.4) is 0 Å². The maximum atomic E-state index is 12.7. The first-order valence-electron chi connectivity index (χ1n) is 8.27. The fourth-order valence-corrected chi connectivity index (χ4v) is 3.31. The van der Waals surface area contributed by atoms with Crippen molar-refractivity contribution in [1.82, 2.24) is 4.90 Å². The average Bonchev–Trinajstić information content (AvgIpc) is 2.50. The number of Topliss-reactive ketones (excluding diaryl/α,β-unsaturated/α-hetero) is 1. The molecule has 1 aromatic carbocycles. The number of carbonyl (C=O) groups is 1. The molecule has 4 heteroatoms. The van der Waals surface area contributed by atoms with Crippen LogP contribution in [0.4, 0.5) is 0 Å². The van der Waals surface area contributed by atoms with Gasteiger partial charge in [-0.05, 0) is 50.5 Å². The van der Waals surface area contributed by atoms with Gasteiger partial charge in [-0.2, -0.15) is 0 Å². The second-order valence-corrected chi connectivity index (χ2v) is 6.50. The number of rotatable bonds is 4. The van der Waals surface area contributed by atoms with E-state index in [1.807, 2.05) is 32.0 Å². The molecule has 0 bridgehead atoms. The van der Waals surface area contributed by atoms with Crippen molar-refractivity contribution >= 4 is 5.78 Å². The Balaban J connectivity index is 1.69. The van der Waals surface area contributed by atoms with E-state index < -0.39 is 0 Å². The topological polar surface area (TPSA) is 38.8 Å². The average molecular weight is 303 g/mol. The standard InChI is InChI=1S/C18H25NO3/c1-13(2)22-16-5-6-17-14(11-16)3-4-15(18(17)20)12-19-7-9-21-10-8-19/h5-6,11,13,15H,3-4,7-10,12H2,1-2H3. The van der Waals surface area contributed by atoms with Gasteiger partial charge in [0.1, 0.15) is 5.75 Å². The molecule has 1 aliphatic carbocycles. The summed E-state index contributed by atoms with van der Waals surface area (Å²) in [7, 11) is 0. The van der Waals surface area contributed by atoms with Gasteiger partial charge in [-0.3, -0.25) is 9.69 Å². The third-order valence-corrected chi connectivity index (χ3v) is 4.43. The van der Waals surface area contributed by atoms with E-state index >= 15 is 0 Å². The molecule has 1 saturated heterocycles. The zero-order valence-electron chi connectivity index (χ0n) is 13.5. The molecule has 1 aliphatic heterocycles. The minimum atomic E-state index is 0.127. The van der Waals surface area contributed by atoms with E-state index in [4.69, 9.17) is 9.47 Å². The zero-order chi connectivity index (χ0) is 15.5. The third kappa shape index (κ3) is 3.50. The SMILES string of the molecule is CC(C)Oc1ccc2c(c1)CCC(CN1CCOCC1)C2=O. The van der Waals surface area contributed by atoms with E-state index in [0.29, 0.717) is 5.78 Å². The molecular weight excluding hydrogens is 278 g/mol. The second kappa shape index (κ2) is 6.80. The van der Waals surface area contributed by atoms with Crippen molar-refractivity contribution in [3.05, 3.63) is 29.3 Å². The van der Waals surface area contributed by atoms with E-state index in [2.05, 4.69) is 4.90 Å². The Labute approximate surface area is 132 Å². The number of aryl methyl sites for hydroxylation is 1. The van der Waals surface area contributed by atoms with Crippen LogP contribution in [0.5, 0.6) is 5.75 Å². The van der Waals surface area contributed by atoms with Crippen molar-refractivity contribution in [2.24, 2.45) is 5.92 Å². The van der Waals surface area contributed by atoms with Gasteiger partial charge in [0.15, 0.2) is 5.78 Å². The maximum Gasteiger partial charge on any atom is 0.167 e. The molecule has 0 spiro atoms. The molecule has 1 unspecified atom stereocenters. The van der Waals surface area contributed by atoms with Gasteiger partial charge in [0.25, 0.3) is 0 Å². The molecule has 0 radical (unpaired) electrons. The molecule has 3 rings (SSSR count). The minimum absolute atomic E-state index is 0.127. The summed E-state index contributed by atoms with van der Waals surface area (Å²) in [5.41, 5.74) is 2.03. The Hall–Kier alpha value is -1.39. The van der Waals surface area contributed by atoms with Crippen molar-refractivity contribution in [3.63, 3.8) is 0 Å². The van der Waals surface area contributed by atoms with Crippen LogP contribution in [0.2, 0.25) is 0 Å². The Morgan fingerprint density at radius 1 is 1.32 bits per heavy atom. The van der Waals surface area contributed by atoms with Gasteiger partial charge in [0, 0.05) is 31.1 Å². The number of fused-ring (bicyclic) bond motifs is 1. The smallest absolute Gasteiger partial charge is 0.167 e. The largest absolute Gasteiger partial charge is 0.491 e. The van der Waals surface area contributed by atoms with Crippen LogP contribution in [0.25, 0.3) is 0 Å². The summed E-state index contributed by atoms with van der Waals surface area (Å²) < 4.78 is 11.1. The van der Waals surface area contributed by atoms with E-state index in [1.165, 1.54) is 0 Å². The molecule has 0 saturated carbocycles. The van der Waals surface area contributed by atoms with Gasteiger partial charge in [-0.25, -0.2) is 0 Å². The Bertz CT molecular complexity index is 535. The summed E-state index contributed by atoms with van der Waals surface area (Å²) in [6, 6.07) is 5.91. The van der Waals surface area contributed by atoms with Gasteiger partial charge in [-0.1, -0.05) is 0 Å². The number of carbonyl (C=O) groups excluding carboxylic acids is 1. The zero-order valence-corrected chi connectivity index (χ0v) is 13.5. The number of ether oxygens (including phenoxy) is 2. The normalized spacial score (nSPS) is 22.7. The van der Waals surface area contributed by atoms with Crippen LogP contribution in [0, 0.1) is 5.92 Å². The summed E-state index contributed by atoms with van der Waals surface area (Å²) in [6.07, 6.45) is 2.06. The summed E-state index contributed by atoms with van der Waals surface area (Å²) >= 11 is 0. The quantitative estimate of drug-likeness (QED) is 0.857. The van der Waals surface area contributed by atoms with E-state index in [-0.39, 0.29) is 12.0 Å². The highest BCUT2D eigenvalue weighted by Crippen LogP contribution is 2.29. The lowest BCUT2D eigenvalue weighted by Gasteiger charge is -2.32. The first kappa shape index (κ1) is 15.5. The summed E-state index contributed by atoms with van der Waals surface area (Å²) in [5, 5.41) is 0. The molecule has 2 aliphatic rings. The Kier molecular flexibility index (Phi) is 4.79. The number of hydrogen-bond donors (Lipinski definition) is 0. The first-order chi connectivity index (χ1) is 10.6. The number of hydrogen-bond acceptors (Lipinski definition) is 4. The van der Waals surface area contributed by atoms with Gasteiger partial charge in [-0.15, -0.1) is 0 Å². The molecule has 0 amide bonds. The molecule has 1 fully saturated rings. The lowest BCUT2D eigenvalue weighted by atomic mass is 9.82. The van der Waals surface area contributed by atoms with Gasteiger partial charge >= 0.3 is 0 Å². The highest BCUT2D eigenvalue weighted by Gasteiger charge is 2.29. The fraction of sp³-hybridized carbons (Fsp3) is 0.611. The molecule has 0 aromatic heterocycles. The Morgan fingerprint density at radius 3 is 2.82 bits per heavy atom. The summed E-state index contributed by atoms with van der Waals surface area (Å²) in [6.45, 7) is 8.36. The highest BCUT2D eigenvalue weighted by molar-refractivity contribution is 6.00. The van der Waals surface area contributed by atoms with Crippen molar-refractivity contribution < 1.29 is 14.3 Å². The van der Waals surface area contributed by atoms with Crippen molar-refractivity contribution in [3.8, 4) is 5.75 Å². The second-order valence-electron chi connectivity index (χ2n) is 6.50. The molecule has 1 atom stereocenters. The number of morpholine rings is 1. The van der Waals surface area contributed by atoms with E-state index in [0.717, 1.165) is 62.6 Å². The molecule has 120 valence electrons. The predicted octanol–water partition coefficient (Wildman–Crippen LogP) is 2.55. The van der Waals surface area contributed by atoms with Crippen LogP contribution in [-0.2, 0) is 11.2 Å². The Morgan fingerprint density at radius 2 is 2.09 bits per heavy atom. The fourth-order valence-electron chi connectivity index (χ4n) is 3.31. The molecule has 1 heterocycles. The monoisotopic (exact) mass is 303 g/mol. The third-order valence-electron chi connectivity index (χ3n) is 4.43. The van der Waals surface area contributed by atoms with Crippen LogP contribution in [0.1, 0.15) is 36.2 Å². The van der Waals surface area contributed by atoms with Crippen molar-refractivity contribution in [1.29, 1.82) is 0 Å². The maximum absolute atomic E-state index is 12.7. The number of ketones is 1. The van der Waals surface area contributed by atoms with Gasteiger partial charge < -0.3 is 9.47 Å². The molecule has 4 nitrogen and oxygen atoms in total. The van der Waals surface area contributed by atoms with Crippen LogP contribution in [0.15, 0.2) is 18.2 Å². The lowest BCUT2D eigenvalue weighted by molar-refractivity contribution is 0.0291. The molecule has 1 aromatic rings. The van der Waals surface area contributed by atoms with Crippen LogP contribution >= 0.6 is 0 Å². The van der Waals surface area contributed by atoms with Gasteiger partial charge in [0.2, 0.25) is 0 Å². The van der Waals surface area contributed by atoms with Crippen molar-refractivity contribution in [2.75, 3.05) is 32.8 Å². The molecular formula is C18H25NO3. The van der Waals surface area contributed by atoms with Crippen LogP contribution < -0.4 is 4.74 Å². The van der Waals surface area contributed by atoms with Gasteiger partial charge in [0.05, 0.1) is 19.3 Å². The van der Waals surface area contributed by atoms with Crippen LogP contribution in [-0.4, -0.2) is 49.6 Å². The number of nitrogens with zero attached hydrogens (tertiary/aromatic N) is 1. The van der Waals surface area contributed by atoms with E-state index in [9.17, 15) is 4.79 Å². The van der Waals surface area contributed by atoms with E-state index in [1.54, 1.807) is 0 Å². The first-order valence-corrected chi connectivity index (χ1v) is 8.27. The van der Waals surface area contributed by atoms with Crippen molar-refractivity contribution in [2.45, 2.75) is 32.8 Å². The minimum Gasteiger partial charge on any atom is -0.491 e. The summed E-state index contributed by atoms with van der Waals surface area (Å²) in [5.74, 6) is 1.29.